The van der Waals surface area contributed by atoms with Crippen LogP contribution in [0.1, 0.15) is 25.3 Å². The molecule has 4 rings (SSSR count). The van der Waals surface area contributed by atoms with Gasteiger partial charge in [-0.3, -0.25) is 14.9 Å². The second-order valence-electron chi connectivity index (χ2n) is 5.92. The van der Waals surface area contributed by atoms with Crippen LogP contribution >= 0.6 is 0 Å². The van der Waals surface area contributed by atoms with Crippen molar-refractivity contribution in [3.63, 3.8) is 0 Å². The zero-order valence-corrected chi connectivity index (χ0v) is 13.8. The Bertz CT molecular complexity index is 705. The smallest absolute Gasteiger partial charge is 0.315 e. The second kappa shape index (κ2) is 6.51. The van der Waals surface area contributed by atoms with Crippen LogP contribution in [0.3, 0.4) is 0 Å². The summed E-state index contributed by atoms with van der Waals surface area (Å²) < 4.78 is 10.6. The van der Waals surface area contributed by atoms with Crippen LogP contribution in [-0.4, -0.2) is 42.4 Å². The lowest BCUT2D eigenvalue weighted by Crippen LogP contribution is -2.45. The number of nitrogens with zero attached hydrogens (tertiary/aromatic N) is 2. The minimum atomic E-state index is -0.501. The van der Waals surface area contributed by atoms with Crippen molar-refractivity contribution in [2.24, 2.45) is 5.92 Å². The van der Waals surface area contributed by atoms with Gasteiger partial charge in [-0.2, -0.15) is 0 Å². The van der Waals surface area contributed by atoms with E-state index in [1.807, 2.05) is 0 Å². The highest BCUT2D eigenvalue weighted by Crippen LogP contribution is 2.40. The van der Waals surface area contributed by atoms with Crippen LogP contribution in [-0.2, 0) is 4.79 Å². The van der Waals surface area contributed by atoms with Gasteiger partial charge in [0.25, 0.3) is 0 Å². The fourth-order valence-corrected chi connectivity index (χ4v) is 3.36. The highest BCUT2D eigenvalue weighted by atomic mass is 16.6. The first-order valence-electron chi connectivity index (χ1n) is 8.05. The maximum absolute atomic E-state index is 12.4. The Morgan fingerprint density at radius 1 is 1.38 bits per heavy atom. The van der Waals surface area contributed by atoms with E-state index in [1.54, 1.807) is 19.1 Å². The van der Waals surface area contributed by atoms with Gasteiger partial charge >= 0.3 is 5.69 Å². The molecule has 0 unspecified atom stereocenters. The lowest BCUT2D eigenvalue weighted by atomic mass is 9.84. The summed E-state index contributed by atoms with van der Waals surface area (Å²) in [5.74, 6) is 0.620. The van der Waals surface area contributed by atoms with E-state index in [0.717, 1.165) is 25.9 Å². The predicted molar refractivity (Wildman–Crippen MR) is 88.1 cm³/mol. The quantitative estimate of drug-likeness (QED) is 0.468. The summed E-state index contributed by atoms with van der Waals surface area (Å²) in [7, 11) is 1.37. The van der Waals surface area contributed by atoms with Gasteiger partial charge in [0.05, 0.1) is 24.3 Å². The molecule has 0 N–H and O–H groups in total. The fraction of sp³-hybridized carbons (Fsp3) is 0.471. The van der Waals surface area contributed by atoms with Crippen LogP contribution in [0.15, 0.2) is 17.8 Å². The number of nitro groups is 1. The standard InChI is InChI=1S/C17H20N2O5/c1-3-24-15-10-11(9-14(19(21)22)17(15)23-2)8-13-16(20)12-4-6-18(13)7-5-12/h8-10,12H,3-7H2,1-2H3/b13-8-. The number of ketones is 1. The molecule has 0 atom stereocenters. The molecule has 3 fully saturated rings. The Labute approximate surface area is 140 Å². The monoisotopic (exact) mass is 332 g/mol. The van der Waals surface area contributed by atoms with Crippen LogP contribution in [0, 0.1) is 16.0 Å². The van der Waals surface area contributed by atoms with Gasteiger partial charge in [-0.1, -0.05) is 0 Å². The molecule has 128 valence electrons. The van der Waals surface area contributed by atoms with E-state index in [-0.39, 0.29) is 23.1 Å². The van der Waals surface area contributed by atoms with E-state index < -0.39 is 4.92 Å². The van der Waals surface area contributed by atoms with E-state index in [9.17, 15) is 14.9 Å². The summed E-state index contributed by atoms with van der Waals surface area (Å²) in [6.07, 6.45) is 3.51. The molecule has 1 aromatic carbocycles. The van der Waals surface area contributed by atoms with Crippen LogP contribution in [0.25, 0.3) is 6.08 Å². The van der Waals surface area contributed by atoms with Crippen LogP contribution < -0.4 is 9.47 Å². The molecule has 0 spiro atoms. The maximum atomic E-state index is 12.4. The molecule has 0 amide bonds. The van der Waals surface area contributed by atoms with Crippen molar-refractivity contribution in [1.82, 2.24) is 4.90 Å². The number of rotatable bonds is 5. The molecule has 0 radical (unpaired) electrons. The van der Waals surface area contributed by atoms with Crippen molar-refractivity contribution in [2.75, 3.05) is 26.8 Å². The highest BCUT2D eigenvalue weighted by Gasteiger charge is 2.36. The van der Waals surface area contributed by atoms with Crippen molar-refractivity contribution in [1.29, 1.82) is 0 Å². The average molecular weight is 332 g/mol. The SMILES string of the molecule is CCOc1cc(/C=C2/C(=O)C3CCN2CC3)cc([N+](=O)[O-])c1OC. The van der Waals surface area contributed by atoms with Gasteiger partial charge in [-0.15, -0.1) is 0 Å². The molecule has 3 aliphatic heterocycles. The molecule has 7 heteroatoms. The molecule has 7 nitrogen and oxygen atoms in total. The van der Waals surface area contributed by atoms with Crippen molar-refractivity contribution in [2.45, 2.75) is 19.8 Å². The third-order valence-corrected chi connectivity index (χ3v) is 4.52. The van der Waals surface area contributed by atoms with Gasteiger partial charge in [0.1, 0.15) is 0 Å². The Kier molecular flexibility index (Phi) is 4.42. The van der Waals surface area contributed by atoms with Crippen LogP contribution in [0.2, 0.25) is 0 Å². The predicted octanol–water partition coefficient (Wildman–Crippen LogP) is 2.64. The topological polar surface area (TPSA) is 81.9 Å². The number of piperidine rings is 3. The van der Waals surface area contributed by atoms with Crippen molar-refractivity contribution >= 4 is 17.5 Å². The van der Waals surface area contributed by atoms with E-state index in [4.69, 9.17) is 9.47 Å². The number of hydrogen-bond donors (Lipinski definition) is 0. The summed E-state index contributed by atoms with van der Waals surface area (Å²) in [6, 6.07) is 3.10. The minimum Gasteiger partial charge on any atom is -0.490 e. The average Bonchev–Trinajstić information content (AvgIpc) is 2.58. The molecule has 0 saturated carbocycles. The number of nitro benzene ring substituents is 1. The van der Waals surface area contributed by atoms with E-state index in [2.05, 4.69) is 4.90 Å². The minimum absolute atomic E-state index is 0.0841. The molecule has 3 saturated heterocycles. The molecule has 3 aliphatic rings. The maximum Gasteiger partial charge on any atom is 0.315 e. The normalized spacial score (nSPS) is 19.0. The third-order valence-electron chi connectivity index (χ3n) is 4.52. The Hall–Kier alpha value is -2.57. The van der Waals surface area contributed by atoms with Crippen LogP contribution in [0.5, 0.6) is 11.5 Å². The number of carbonyl (C=O) groups excluding carboxylic acids is 1. The Balaban J connectivity index is 2.06. The van der Waals surface area contributed by atoms with E-state index >= 15 is 0 Å². The van der Waals surface area contributed by atoms with E-state index in [0.29, 0.717) is 23.6 Å². The lowest BCUT2D eigenvalue weighted by Gasteiger charge is -2.41. The zero-order valence-electron chi connectivity index (χ0n) is 13.8. The summed E-state index contributed by atoms with van der Waals surface area (Å²) in [5, 5.41) is 11.3. The first-order valence-corrected chi connectivity index (χ1v) is 8.05. The van der Waals surface area contributed by atoms with E-state index in [1.165, 1.54) is 13.2 Å². The summed E-state index contributed by atoms with van der Waals surface area (Å²) in [5.41, 5.74) is 1.04. The lowest BCUT2D eigenvalue weighted by molar-refractivity contribution is -0.385. The first kappa shape index (κ1) is 16.3. The van der Waals surface area contributed by atoms with Gasteiger partial charge in [-0.25, -0.2) is 0 Å². The molecule has 0 aromatic heterocycles. The second-order valence-corrected chi connectivity index (χ2v) is 5.92. The zero-order chi connectivity index (χ0) is 17.3. The number of allylic oxidation sites excluding steroid dienone is 1. The first-order chi connectivity index (χ1) is 11.5. The van der Waals surface area contributed by atoms with Gasteiger partial charge in [0.15, 0.2) is 11.5 Å². The summed E-state index contributed by atoms with van der Waals surface area (Å²) in [6.45, 7) is 3.88. The molecule has 24 heavy (non-hydrogen) atoms. The van der Waals surface area contributed by atoms with Crippen molar-refractivity contribution in [3.05, 3.63) is 33.5 Å². The van der Waals surface area contributed by atoms with Crippen molar-refractivity contribution < 1.29 is 19.2 Å². The number of benzene rings is 1. The highest BCUT2D eigenvalue weighted by molar-refractivity contribution is 6.02. The number of fused-ring (bicyclic) bond motifs is 3. The van der Waals surface area contributed by atoms with Gasteiger partial charge in [0.2, 0.25) is 5.75 Å². The number of ether oxygens (including phenoxy) is 2. The Morgan fingerprint density at radius 3 is 2.62 bits per heavy atom. The fourth-order valence-electron chi connectivity index (χ4n) is 3.36. The molecule has 3 heterocycles. The third kappa shape index (κ3) is 2.81. The molecular weight excluding hydrogens is 312 g/mol. The van der Waals surface area contributed by atoms with Crippen molar-refractivity contribution in [3.8, 4) is 11.5 Å². The molecule has 0 aliphatic carbocycles. The Morgan fingerprint density at radius 2 is 2.08 bits per heavy atom. The molecule has 2 bridgehead atoms. The number of hydrogen-bond acceptors (Lipinski definition) is 6. The van der Waals surface area contributed by atoms with Crippen LogP contribution in [0.4, 0.5) is 5.69 Å². The number of Topliss-reactive ketones (excluding diaryl/α,β-unsaturated/α-hetero) is 1. The largest absolute Gasteiger partial charge is 0.490 e. The number of methoxy groups -OCH3 is 1. The molecule has 1 aromatic rings. The van der Waals surface area contributed by atoms with Gasteiger partial charge in [-0.05, 0) is 37.5 Å². The summed E-state index contributed by atoms with van der Waals surface area (Å²) >= 11 is 0. The van der Waals surface area contributed by atoms with Gasteiger partial charge in [0, 0.05) is 25.1 Å². The summed E-state index contributed by atoms with van der Waals surface area (Å²) in [4.78, 5) is 25.3. The number of carbonyl (C=O) groups is 1. The molecular formula is C17H20N2O5. The van der Waals surface area contributed by atoms with Gasteiger partial charge < -0.3 is 14.4 Å².